The van der Waals surface area contributed by atoms with E-state index in [4.69, 9.17) is 9.47 Å². The summed E-state index contributed by atoms with van der Waals surface area (Å²) in [4.78, 5) is 0. The Morgan fingerprint density at radius 2 is 2.17 bits per heavy atom. The maximum absolute atomic E-state index is 5.48. The van der Waals surface area contributed by atoms with E-state index in [0.29, 0.717) is 12.5 Å². The van der Waals surface area contributed by atoms with Crippen molar-refractivity contribution in [1.82, 2.24) is 0 Å². The molecular formula is C9H18O2Y-2. The third-order valence-corrected chi connectivity index (χ3v) is 1.99. The molecule has 0 aromatic heterocycles. The zero-order chi connectivity index (χ0) is 7.56. The fourth-order valence-electron chi connectivity index (χ4n) is 1.30. The SMILES string of the molecule is [CH2-]C1OC(COC)CC1C.[CH3-].[Y]. The van der Waals surface area contributed by atoms with Gasteiger partial charge in [-0.3, -0.25) is 0 Å². The topological polar surface area (TPSA) is 18.5 Å². The Kier molecular flexibility index (Phi) is 9.59. The van der Waals surface area contributed by atoms with Crippen molar-refractivity contribution in [3.63, 3.8) is 0 Å². The van der Waals surface area contributed by atoms with Gasteiger partial charge < -0.3 is 23.8 Å². The van der Waals surface area contributed by atoms with E-state index in [1.165, 1.54) is 0 Å². The van der Waals surface area contributed by atoms with Gasteiger partial charge in [0, 0.05) is 39.8 Å². The van der Waals surface area contributed by atoms with Crippen LogP contribution in [0.4, 0.5) is 0 Å². The molecule has 0 spiro atoms. The molecule has 1 rings (SSSR count). The van der Waals surface area contributed by atoms with Gasteiger partial charge in [-0.25, -0.2) is 0 Å². The zero-order valence-electron chi connectivity index (χ0n) is 8.25. The Labute approximate surface area is 101 Å². The van der Waals surface area contributed by atoms with Crippen LogP contribution in [0.3, 0.4) is 0 Å². The molecule has 1 fully saturated rings. The third kappa shape index (κ3) is 4.31. The van der Waals surface area contributed by atoms with Crippen LogP contribution in [0.25, 0.3) is 0 Å². The van der Waals surface area contributed by atoms with Crippen LogP contribution >= 0.6 is 0 Å². The second kappa shape index (κ2) is 7.43. The van der Waals surface area contributed by atoms with Gasteiger partial charge in [-0.2, -0.15) is 0 Å². The second-order valence-electron chi connectivity index (χ2n) is 2.96. The quantitative estimate of drug-likeness (QED) is 0.691. The Morgan fingerprint density at radius 1 is 1.58 bits per heavy atom. The number of hydrogen-bond acceptors (Lipinski definition) is 2. The summed E-state index contributed by atoms with van der Waals surface area (Å²) in [5, 5.41) is 0. The van der Waals surface area contributed by atoms with Crippen LogP contribution in [0.15, 0.2) is 0 Å². The Morgan fingerprint density at radius 3 is 2.50 bits per heavy atom. The van der Waals surface area contributed by atoms with E-state index < -0.39 is 0 Å². The first-order valence-corrected chi connectivity index (χ1v) is 3.71. The van der Waals surface area contributed by atoms with Gasteiger partial charge in [-0.05, 0) is 12.3 Å². The minimum Gasteiger partial charge on any atom is -0.404 e. The monoisotopic (exact) mass is 247 g/mol. The molecule has 3 atom stereocenters. The van der Waals surface area contributed by atoms with Crippen molar-refractivity contribution in [3.05, 3.63) is 14.4 Å². The second-order valence-corrected chi connectivity index (χ2v) is 2.96. The van der Waals surface area contributed by atoms with Crippen LogP contribution in [0.5, 0.6) is 0 Å². The largest absolute Gasteiger partial charge is 0.404 e. The Bertz CT molecular complexity index is 98.7. The molecule has 0 aromatic rings. The number of hydrogen-bond donors (Lipinski definition) is 0. The summed E-state index contributed by atoms with van der Waals surface area (Å²) in [6.07, 6.45) is 1.53. The number of rotatable bonds is 2. The van der Waals surface area contributed by atoms with Gasteiger partial charge in [0.25, 0.3) is 0 Å². The van der Waals surface area contributed by atoms with Crippen LogP contribution < -0.4 is 0 Å². The normalized spacial score (nSPS) is 33.8. The fourth-order valence-corrected chi connectivity index (χ4v) is 1.30. The molecule has 3 unspecified atom stereocenters. The average molecular weight is 247 g/mol. The molecule has 3 heteroatoms. The number of ether oxygens (including phenoxy) is 2. The summed E-state index contributed by atoms with van der Waals surface area (Å²) in [6.45, 7) is 6.74. The van der Waals surface area contributed by atoms with Crippen molar-refractivity contribution in [3.8, 4) is 0 Å². The van der Waals surface area contributed by atoms with Gasteiger partial charge >= 0.3 is 0 Å². The van der Waals surface area contributed by atoms with Gasteiger partial charge in [0.1, 0.15) is 0 Å². The van der Waals surface area contributed by atoms with Crippen molar-refractivity contribution in [1.29, 1.82) is 0 Å². The van der Waals surface area contributed by atoms with Gasteiger partial charge in [0.15, 0.2) is 0 Å². The van der Waals surface area contributed by atoms with Crippen LogP contribution in [-0.4, -0.2) is 25.9 Å². The molecule has 0 N–H and O–H groups in total. The van der Waals surface area contributed by atoms with Crippen molar-refractivity contribution in [2.45, 2.75) is 25.6 Å². The number of methoxy groups -OCH3 is 1. The van der Waals surface area contributed by atoms with Crippen molar-refractivity contribution >= 4 is 0 Å². The summed E-state index contributed by atoms with van der Waals surface area (Å²) in [5.74, 6) is 0.583. The smallest absolute Gasteiger partial charge is 0.0779 e. The summed E-state index contributed by atoms with van der Waals surface area (Å²) < 4.78 is 10.4. The van der Waals surface area contributed by atoms with Gasteiger partial charge in [0.05, 0.1) is 12.7 Å². The molecule has 1 radical (unpaired) electrons. The average Bonchev–Trinajstić information content (AvgIpc) is 2.14. The predicted molar refractivity (Wildman–Crippen MR) is 46.1 cm³/mol. The Balaban J connectivity index is 0. The Hall–Kier alpha value is 1.02. The molecule has 1 heterocycles. The molecule has 2 nitrogen and oxygen atoms in total. The van der Waals surface area contributed by atoms with Gasteiger partial charge in [-0.1, -0.05) is 13.0 Å². The van der Waals surface area contributed by atoms with Gasteiger partial charge in [-0.15, -0.1) is 0 Å². The molecule has 1 aliphatic heterocycles. The summed E-state index contributed by atoms with van der Waals surface area (Å²) in [7, 11) is 1.70. The van der Waals surface area contributed by atoms with E-state index in [1.54, 1.807) is 7.11 Å². The van der Waals surface area contributed by atoms with Crippen molar-refractivity contribution in [2.75, 3.05) is 13.7 Å². The molecule has 0 aromatic carbocycles. The fraction of sp³-hybridized carbons (Fsp3) is 0.778. The maximum atomic E-state index is 5.48. The molecule has 0 amide bonds. The van der Waals surface area contributed by atoms with E-state index >= 15 is 0 Å². The standard InChI is InChI=1S/C8H15O2.CH3.Y/c1-6-4-8(5-9-3)10-7(6)2;;/h6-8H,2,4-5H2,1,3H3;1H3;/q2*-1;. The molecule has 0 bridgehead atoms. The van der Waals surface area contributed by atoms with Crippen LogP contribution in [-0.2, 0) is 42.2 Å². The predicted octanol–water partition coefficient (Wildman–Crippen LogP) is 1.71. The van der Waals surface area contributed by atoms with Gasteiger partial charge in [0.2, 0.25) is 0 Å². The summed E-state index contributed by atoms with van der Waals surface area (Å²) >= 11 is 0. The zero-order valence-corrected chi connectivity index (χ0v) is 11.1. The third-order valence-electron chi connectivity index (χ3n) is 1.99. The molecule has 12 heavy (non-hydrogen) atoms. The molecule has 0 aliphatic carbocycles. The first kappa shape index (κ1) is 15.5. The summed E-state index contributed by atoms with van der Waals surface area (Å²) in [5.41, 5.74) is 0. The van der Waals surface area contributed by atoms with E-state index in [9.17, 15) is 0 Å². The first-order valence-electron chi connectivity index (χ1n) is 3.71. The molecular weight excluding hydrogens is 229 g/mol. The van der Waals surface area contributed by atoms with Crippen molar-refractivity contribution in [2.24, 2.45) is 5.92 Å². The van der Waals surface area contributed by atoms with Crippen LogP contribution in [0.1, 0.15) is 13.3 Å². The summed E-state index contributed by atoms with van der Waals surface area (Å²) in [6, 6.07) is 0. The maximum Gasteiger partial charge on any atom is 0.0779 e. The molecule has 71 valence electrons. The minimum absolute atomic E-state index is 0. The molecule has 0 saturated carbocycles. The van der Waals surface area contributed by atoms with Crippen molar-refractivity contribution < 1.29 is 42.2 Å². The van der Waals surface area contributed by atoms with E-state index in [2.05, 4.69) is 13.8 Å². The first-order chi connectivity index (χ1) is 4.74. The van der Waals surface area contributed by atoms with E-state index in [-0.39, 0.29) is 52.3 Å². The molecule has 1 aliphatic rings. The minimum atomic E-state index is 0. The van der Waals surface area contributed by atoms with E-state index in [0.717, 1.165) is 6.42 Å². The molecule has 1 saturated heterocycles. The van der Waals surface area contributed by atoms with Crippen LogP contribution in [0.2, 0.25) is 0 Å². The van der Waals surface area contributed by atoms with Crippen LogP contribution in [0, 0.1) is 20.3 Å². The van der Waals surface area contributed by atoms with E-state index in [1.807, 2.05) is 0 Å².